The number of nitrogens with one attached hydrogen (secondary N) is 1. The van der Waals surface area contributed by atoms with Crippen molar-refractivity contribution in [2.24, 2.45) is 0 Å². The Hall–Kier alpha value is -0.320. The Morgan fingerprint density at radius 3 is 2.82 bits per heavy atom. The number of thioether (sulfide) groups is 1. The van der Waals surface area contributed by atoms with E-state index in [1.807, 2.05) is 11.8 Å². The third kappa shape index (κ3) is 2.59. The highest BCUT2D eigenvalue weighted by molar-refractivity contribution is 7.99. The summed E-state index contributed by atoms with van der Waals surface area (Å²) in [6, 6.07) is 9.72. The molecule has 1 unspecified atom stereocenters. The maximum atomic E-state index is 11.3. The Balaban J connectivity index is 1.65. The summed E-state index contributed by atoms with van der Waals surface area (Å²) < 4.78 is 11.3. The van der Waals surface area contributed by atoms with Crippen molar-refractivity contribution in [2.45, 2.75) is 29.8 Å². The van der Waals surface area contributed by atoms with Crippen LogP contribution in [0.25, 0.3) is 0 Å². The van der Waals surface area contributed by atoms with Crippen LogP contribution in [0, 0.1) is 0 Å². The zero-order valence-electron chi connectivity index (χ0n) is 9.72. The second-order valence-corrected chi connectivity index (χ2v) is 7.45. The SMILES string of the molecule is O=S1CCC(NC2CSc3ccccc32)CC1. The summed E-state index contributed by atoms with van der Waals surface area (Å²) in [5.41, 5.74) is 1.45. The topological polar surface area (TPSA) is 29.1 Å². The fourth-order valence-corrected chi connectivity index (χ4v) is 5.02. The van der Waals surface area contributed by atoms with E-state index in [0.29, 0.717) is 12.1 Å². The third-order valence-corrected chi connectivity index (χ3v) is 6.09. The fraction of sp³-hybridized carbons (Fsp3) is 0.538. The van der Waals surface area contributed by atoms with Crippen LogP contribution in [-0.2, 0) is 10.8 Å². The third-order valence-electron chi connectivity index (χ3n) is 3.52. The lowest BCUT2D eigenvalue weighted by Crippen LogP contribution is -2.38. The molecule has 92 valence electrons. The first-order valence-corrected chi connectivity index (χ1v) is 8.63. The largest absolute Gasteiger partial charge is 0.306 e. The molecule has 1 aromatic rings. The quantitative estimate of drug-likeness (QED) is 0.892. The molecule has 0 spiro atoms. The van der Waals surface area contributed by atoms with Gasteiger partial charge in [-0.2, -0.15) is 0 Å². The zero-order valence-corrected chi connectivity index (χ0v) is 11.4. The number of benzene rings is 1. The highest BCUT2D eigenvalue weighted by atomic mass is 32.2. The Kier molecular flexibility index (Phi) is 3.54. The van der Waals surface area contributed by atoms with Gasteiger partial charge in [0.15, 0.2) is 0 Å². The minimum absolute atomic E-state index is 0.493. The van der Waals surface area contributed by atoms with Gasteiger partial charge >= 0.3 is 0 Å². The number of hydrogen-bond acceptors (Lipinski definition) is 3. The molecule has 3 rings (SSSR count). The summed E-state index contributed by atoms with van der Waals surface area (Å²) in [4.78, 5) is 1.42. The van der Waals surface area contributed by atoms with E-state index in [1.165, 1.54) is 10.5 Å². The molecule has 0 saturated carbocycles. The average molecular weight is 267 g/mol. The Morgan fingerprint density at radius 1 is 1.24 bits per heavy atom. The molecule has 1 atom stereocenters. The smallest absolute Gasteiger partial charge is 0.0428 e. The van der Waals surface area contributed by atoms with Gasteiger partial charge in [-0.25, -0.2) is 0 Å². The van der Waals surface area contributed by atoms with E-state index in [0.717, 1.165) is 30.1 Å². The van der Waals surface area contributed by atoms with Crippen LogP contribution >= 0.6 is 11.8 Å². The average Bonchev–Trinajstić information content (AvgIpc) is 2.76. The summed E-state index contributed by atoms with van der Waals surface area (Å²) in [6.07, 6.45) is 2.13. The van der Waals surface area contributed by atoms with Gasteiger partial charge in [0.05, 0.1) is 0 Å². The van der Waals surface area contributed by atoms with E-state index in [2.05, 4.69) is 29.6 Å². The summed E-state index contributed by atoms with van der Waals surface area (Å²) >= 11 is 1.94. The lowest BCUT2D eigenvalue weighted by Gasteiger charge is -2.26. The van der Waals surface area contributed by atoms with Crippen LogP contribution in [0.5, 0.6) is 0 Å². The molecule has 0 amide bonds. The molecule has 0 radical (unpaired) electrons. The van der Waals surface area contributed by atoms with Crippen molar-refractivity contribution < 1.29 is 4.21 Å². The molecular formula is C13H17NOS2. The molecular weight excluding hydrogens is 250 g/mol. The molecule has 0 bridgehead atoms. The standard InChI is InChI=1S/C13H17NOS2/c15-17-7-5-10(6-8-17)14-12-9-16-13-4-2-1-3-11(12)13/h1-4,10,12,14H,5-9H2. The first-order valence-electron chi connectivity index (χ1n) is 6.15. The van der Waals surface area contributed by atoms with Crippen LogP contribution in [0.1, 0.15) is 24.4 Å². The van der Waals surface area contributed by atoms with Crippen LogP contribution in [0.2, 0.25) is 0 Å². The first-order chi connectivity index (χ1) is 8.33. The Bertz CT molecular complexity index is 425. The first kappa shape index (κ1) is 11.8. The van der Waals surface area contributed by atoms with Crippen molar-refractivity contribution in [3.8, 4) is 0 Å². The highest BCUT2D eigenvalue weighted by Crippen LogP contribution is 2.38. The van der Waals surface area contributed by atoms with Gasteiger partial charge in [-0.3, -0.25) is 4.21 Å². The van der Waals surface area contributed by atoms with Crippen molar-refractivity contribution >= 4 is 22.6 Å². The number of fused-ring (bicyclic) bond motifs is 1. The molecule has 0 aromatic heterocycles. The second kappa shape index (κ2) is 5.12. The van der Waals surface area contributed by atoms with Crippen LogP contribution in [-0.4, -0.2) is 27.5 Å². The molecule has 17 heavy (non-hydrogen) atoms. The molecule has 2 aliphatic rings. The van der Waals surface area contributed by atoms with Crippen molar-refractivity contribution in [3.63, 3.8) is 0 Å². The predicted octanol–water partition coefficient (Wildman–Crippen LogP) is 2.33. The van der Waals surface area contributed by atoms with Gasteiger partial charge in [-0.1, -0.05) is 18.2 Å². The molecule has 0 aliphatic carbocycles. The van der Waals surface area contributed by atoms with Crippen molar-refractivity contribution in [3.05, 3.63) is 29.8 Å². The van der Waals surface area contributed by atoms with E-state index in [9.17, 15) is 4.21 Å². The van der Waals surface area contributed by atoms with Gasteiger partial charge in [0.2, 0.25) is 0 Å². The lowest BCUT2D eigenvalue weighted by molar-refractivity contribution is 0.431. The maximum absolute atomic E-state index is 11.3. The molecule has 2 aliphatic heterocycles. The van der Waals surface area contributed by atoms with E-state index in [1.54, 1.807) is 0 Å². The van der Waals surface area contributed by atoms with Gasteiger partial charge in [-0.05, 0) is 24.5 Å². The van der Waals surface area contributed by atoms with Gasteiger partial charge in [0.1, 0.15) is 0 Å². The van der Waals surface area contributed by atoms with Crippen molar-refractivity contribution in [1.82, 2.24) is 5.32 Å². The van der Waals surface area contributed by atoms with E-state index in [-0.39, 0.29) is 0 Å². The van der Waals surface area contributed by atoms with Crippen LogP contribution in [0.3, 0.4) is 0 Å². The minimum atomic E-state index is -0.554. The number of rotatable bonds is 2. The summed E-state index contributed by atoms with van der Waals surface area (Å²) in [5, 5.41) is 3.74. The Labute approximate surface area is 109 Å². The van der Waals surface area contributed by atoms with Crippen LogP contribution < -0.4 is 5.32 Å². The normalized spacial score (nSPS) is 32.4. The molecule has 1 saturated heterocycles. The molecule has 2 heterocycles. The van der Waals surface area contributed by atoms with E-state index >= 15 is 0 Å². The van der Waals surface area contributed by atoms with E-state index in [4.69, 9.17) is 0 Å². The molecule has 1 aromatic carbocycles. The van der Waals surface area contributed by atoms with Gasteiger partial charge < -0.3 is 5.32 Å². The van der Waals surface area contributed by atoms with Gasteiger partial charge in [0, 0.05) is 45.0 Å². The monoisotopic (exact) mass is 267 g/mol. The summed E-state index contributed by atoms with van der Waals surface area (Å²) in [6.45, 7) is 0. The zero-order chi connectivity index (χ0) is 11.7. The van der Waals surface area contributed by atoms with Gasteiger partial charge in [0.25, 0.3) is 0 Å². The molecule has 4 heteroatoms. The fourth-order valence-electron chi connectivity index (χ4n) is 2.55. The van der Waals surface area contributed by atoms with Crippen LogP contribution in [0.15, 0.2) is 29.2 Å². The predicted molar refractivity (Wildman–Crippen MR) is 73.9 cm³/mol. The summed E-state index contributed by atoms with van der Waals surface area (Å²) in [5.74, 6) is 2.89. The lowest BCUT2D eigenvalue weighted by atomic mass is 10.1. The van der Waals surface area contributed by atoms with Crippen molar-refractivity contribution in [2.75, 3.05) is 17.3 Å². The molecule has 2 nitrogen and oxygen atoms in total. The molecule has 1 N–H and O–H groups in total. The molecule has 1 fully saturated rings. The summed E-state index contributed by atoms with van der Waals surface area (Å²) in [7, 11) is -0.554. The minimum Gasteiger partial charge on any atom is -0.306 e. The second-order valence-electron chi connectivity index (χ2n) is 4.69. The highest BCUT2D eigenvalue weighted by Gasteiger charge is 2.26. The van der Waals surface area contributed by atoms with E-state index < -0.39 is 10.8 Å². The van der Waals surface area contributed by atoms with Gasteiger partial charge in [-0.15, -0.1) is 11.8 Å². The number of hydrogen-bond donors (Lipinski definition) is 1. The van der Waals surface area contributed by atoms with Crippen LogP contribution in [0.4, 0.5) is 0 Å². The van der Waals surface area contributed by atoms with Crippen molar-refractivity contribution in [1.29, 1.82) is 0 Å². The Morgan fingerprint density at radius 2 is 2.00 bits per heavy atom. The maximum Gasteiger partial charge on any atom is 0.0428 e.